The molecule has 5 nitrogen and oxygen atoms in total. The maximum Gasteiger partial charge on any atom is 0.132 e. The Labute approximate surface area is 189 Å². The predicted octanol–water partition coefficient (Wildman–Crippen LogP) is 4.21. The summed E-state index contributed by atoms with van der Waals surface area (Å²) in [7, 11) is 0. The van der Waals surface area contributed by atoms with Crippen LogP contribution in [0.15, 0.2) is 42.6 Å². The van der Waals surface area contributed by atoms with E-state index >= 15 is 0 Å². The van der Waals surface area contributed by atoms with Crippen molar-refractivity contribution in [2.75, 3.05) is 68.8 Å². The quantitative estimate of drug-likeness (QED) is 0.628. The molecule has 170 valence electrons. The summed E-state index contributed by atoms with van der Waals surface area (Å²) in [6, 6.07) is 12.0. The predicted molar refractivity (Wildman–Crippen MR) is 129 cm³/mol. The van der Waals surface area contributed by atoms with Crippen LogP contribution in [0.4, 0.5) is 15.8 Å². The van der Waals surface area contributed by atoms with E-state index in [1.165, 1.54) is 16.9 Å². The summed E-state index contributed by atoms with van der Waals surface area (Å²) in [5, 5.41) is 0.757. The third kappa shape index (κ3) is 4.34. The van der Waals surface area contributed by atoms with Crippen LogP contribution in [0.25, 0.3) is 10.9 Å². The molecule has 0 amide bonds. The molecular weight excluding hydrogens is 403 g/mol. The average molecular weight is 437 g/mol. The number of halogens is 1. The molecule has 0 atom stereocenters. The van der Waals surface area contributed by atoms with Crippen LogP contribution in [0.2, 0.25) is 0 Å². The average Bonchev–Trinajstić information content (AvgIpc) is 3.25. The lowest BCUT2D eigenvalue weighted by Crippen LogP contribution is -2.47. The highest BCUT2D eigenvalue weighted by molar-refractivity contribution is 5.83. The van der Waals surface area contributed by atoms with Gasteiger partial charge in [-0.3, -0.25) is 4.90 Å². The molecule has 2 aromatic carbocycles. The Kier molecular flexibility index (Phi) is 6.32. The van der Waals surface area contributed by atoms with Crippen LogP contribution in [-0.4, -0.2) is 68.9 Å². The van der Waals surface area contributed by atoms with Gasteiger partial charge in [0, 0.05) is 67.7 Å². The number of hydrogen-bond donors (Lipinski definition) is 1. The number of rotatable bonds is 6. The third-order valence-corrected chi connectivity index (χ3v) is 7.00. The van der Waals surface area contributed by atoms with Crippen LogP contribution in [0.5, 0.6) is 0 Å². The van der Waals surface area contributed by atoms with E-state index in [0.717, 1.165) is 88.3 Å². The van der Waals surface area contributed by atoms with Gasteiger partial charge in [0.2, 0.25) is 0 Å². The van der Waals surface area contributed by atoms with Crippen LogP contribution < -0.4 is 9.80 Å². The zero-order valence-corrected chi connectivity index (χ0v) is 18.9. The molecule has 0 saturated carbocycles. The fourth-order valence-electron chi connectivity index (χ4n) is 5.21. The van der Waals surface area contributed by atoms with Gasteiger partial charge in [0.15, 0.2) is 0 Å². The molecule has 0 bridgehead atoms. The SMILES string of the molecule is Cc1c(N2CCOCC2)cccc1N1CCN(CCCc2c[nH]c3cccc(F)c23)CC1. The molecular formula is C26H33FN4O. The van der Waals surface area contributed by atoms with Crippen molar-refractivity contribution in [2.24, 2.45) is 0 Å². The van der Waals surface area contributed by atoms with Crippen LogP contribution in [0, 0.1) is 12.7 Å². The van der Waals surface area contributed by atoms with Crippen molar-refractivity contribution in [1.82, 2.24) is 9.88 Å². The van der Waals surface area contributed by atoms with Crippen molar-refractivity contribution >= 4 is 22.3 Å². The summed E-state index contributed by atoms with van der Waals surface area (Å²) in [5.74, 6) is -0.123. The number of hydrogen-bond acceptors (Lipinski definition) is 4. The van der Waals surface area contributed by atoms with Crippen molar-refractivity contribution in [3.8, 4) is 0 Å². The van der Waals surface area contributed by atoms with E-state index in [2.05, 4.69) is 44.8 Å². The topological polar surface area (TPSA) is 34.7 Å². The first-order chi connectivity index (χ1) is 15.7. The number of nitrogens with zero attached hydrogens (tertiary/aromatic N) is 3. The minimum atomic E-state index is -0.123. The summed E-state index contributed by atoms with van der Waals surface area (Å²) < 4.78 is 19.7. The van der Waals surface area contributed by atoms with Crippen molar-refractivity contribution < 1.29 is 9.13 Å². The minimum Gasteiger partial charge on any atom is -0.378 e. The summed E-state index contributed by atoms with van der Waals surface area (Å²) in [5.41, 5.74) is 6.07. The molecule has 0 aliphatic carbocycles. The lowest BCUT2D eigenvalue weighted by molar-refractivity contribution is 0.122. The first kappa shape index (κ1) is 21.3. The van der Waals surface area contributed by atoms with Crippen molar-refractivity contribution in [1.29, 1.82) is 0 Å². The molecule has 2 fully saturated rings. The maximum absolute atomic E-state index is 14.2. The monoisotopic (exact) mass is 436 g/mol. The Balaban J connectivity index is 1.15. The van der Waals surface area contributed by atoms with Gasteiger partial charge in [0.25, 0.3) is 0 Å². The summed E-state index contributed by atoms with van der Waals surface area (Å²) in [4.78, 5) is 10.7. The number of benzene rings is 2. The number of fused-ring (bicyclic) bond motifs is 1. The molecule has 5 rings (SSSR count). The van der Waals surface area contributed by atoms with E-state index < -0.39 is 0 Å². The van der Waals surface area contributed by atoms with Gasteiger partial charge in [-0.05, 0) is 61.7 Å². The summed E-state index contributed by atoms with van der Waals surface area (Å²) >= 11 is 0. The zero-order chi connectivity index (χ0) is 21.9. The highest BCUT2D eigenvalue weighted by Crippen LogP contribution is 2.31. The van der Waals surface area contributed by atoms with Gasteiger partial charge in [0.1, 0.15) is 5.82 Å². The molecule has 0 unspecified atom stereocenters. The van der Waals surface area contributed by atoms with E-state index in [1.54, 1.807) is 12.1 Å². The molecule has 6 heteroatoms. The van der Waals surface area contributed by atoms with Crippen LogP contribution in [0.3, 0.4) is 0 Å². The van der Waals surface area contributed by atoms with Gasteiger partial charge in [-0.2, -0.15) is 0 Å². The third-order valence-electron chi connectivity index (χ3n) is 7.00. The highest BCUT2D eigenvalue weighted by Gasteiger charge is 2.21. The second-order valence-electron chi connectivity index (χ2n) is 8.93. The molecule has 0 radical (unpaired) electrons. The summed E-state index contributed by atoms with van der Waals surface area (Å²) in [6.45, 7) is 11.1. The second-order valence-corrected chi connectivity index (χ2v) is 8.93. The molecule has 3 aromatic rings. The molecule has 2 aliphatic heterocycles. The molecule has 2 saturated heterocycles. The lowest BCUT2D eigenvalue weighted by Gasteiger charge is -2.38. The van der Waals surface area contributed by atoms with Crippen molar-refractivity contribution in [3.05, 3.63) is 59.5 Å². The number of nitrogens with one attached hydrogen (secondary N) is 1. The first-order valence-corrected chi connectivity index (χ1v) is 11.8. The molecule has 0 spiro atoms. The molecule has 2 aliphatic rings. The van der Waals surface area contributed by atoms with Gasteiger partial charge in [-0.15, -0.1) is 0 Å². The first-order valence-electron chi connectivity index (χ1n) is 11.8. The van der Waals surface area contributed by atoms with Crippen LogP contribution in [-0.2, 0) is 11.2 Å². The van der Waals surface area contributed by atoms with Crippen LogP contribution in [0.1, 0.15) is 17.5 Å². The van der Waals surface area contributed by atoms with Crippen molar-refractivity contribution in [3.63, 3.8) is 0 Å². The van der Waals surface area contributed by atoms with Gasteiger partial charge in [-0.25, -0.2) is 4.39 Å². The molecule has 3 heterocycles. The summed E-state index contributed by atoms with van der Waals surface area (Å²) in [6.07, 6.45) is 3.92. The standard InChI is InChI=1S/C26H33FN4O/c1-20-24(8-3-9-25(20)31-15-17-32-18-16-31)30-13-11-29(12-14-30)10-4-5-21-19-28-23-7-2-6-22(27)26(21)23/h2-3,6-9,19,28H,4-5,10-18H2,1H3. The number of aromatic nitrogens is 1. The van der Waals surface area contributed by atoms with E-state index in [-0.39, 0.29) is 5.82 Å². The number of morpholine rings is 1. The number of aromatic amines is 1. The number of H-pyrrole nitrogens is 1. The fraction of sp³-hybridized carbons (Fsp3) is 0.462. The van der Waals surface area contributed by atoms with Crippen molar-refractivity contribution in [2.45, 2.75) is 19.8 Å². The highest BCUT2D eigenvalue weighted by atomic mass is 19.1. The second kappa shape index (κ2) is 9.51. The van der Waals surface area contributed by atoms with Gasteiger partial charge in [-0.1, -0.05) is 12.1 Å². The minimum absolute atomic E-state index is 0.123. The Morgan fingerprint density at radius 1 is 0.906 bits per heavy atom. The van der Waals surface area contributed by atoms with E-state index in [4.69, 9.17) is 4.74 Å². The molecule has 1 aromatic heterocycles. The zero-order valence-electron chi connectivity index (χ0n) is 18.9. The molecule has 1 N–H and O–H groups in total. The maximum atomic E-state index is 14.2. The van der Waals surface area contributed by atoms with Crippen LogP contribution >= 0.6 is 0 Å². The van der Waals surface area contributed by atoms with Gasteiger partial charge in [0.05, 0.1) is 13.2 Å². The van der Waals surface area contributed by atoms with Gasteiger partial charge >= 0.3 is 0 Å². The lowest BCUT2D eigenvalue weighted by atomic mass is 10.1. The van der Waals surface area contributed by atoms with E-state index in [0.29, 0.717) is 0 Å². The number of aryl methyl sites for hydroxylation is 1. The smallest absolute Gasteiger partial charge is 0.132 e. The fourth-order valence-corrected chi connectivity index (χ4v) is 5.21. The number of piperazine rings is 1. The number of ether oxygens (including phenoxy) is 1. The Morgan fingerprint density at radius 3 is 2.34 bits per heavy atom. The van der Waals surface area contributed by atoms with Gasteiger partial charge < -0.3 is 19.5 Å². The Morgan fingerprint density at radius 2 is 1.59 bits per heavy atom. The Hall–Kier alpha value is -2.57. The van der Waals surface area contributed by atoms with E-state index in [9.17, 15) is 4.39 Å². The normalized spacial score (nSPS) is 17.9. The largest absolute Gasteiger partial charge is 0.378 e. The molecule has 32 heavy (non-hydrogen) atoms. The number of anilines is 2. The Bertz CT molecular complexity index is 1050. The van der Waals surface area contributed by atoms with E-state index in [1.807, 2.05) is 12.3 Å².